The molecule has 0 bridgehead atoms. The fourth-order valence-electron chi connectivity index (χ4n) is 3.45. The van der Waals surface area contributed by atoms with Crippen molar-refractivity contribution in [2.24, 2.45) is 0 Å². The van der Waals surface area contributed by atoms with Crippen molar-refractivity contribution >= 4 is 6.03 Å². The van der Waals surface area contributed by atoms with Crippen LogP contribution in [0.3, 0.4) is 0 Å². The monoisotopic (exact) mass is 339 g/mol. The van der Waals surface area contributed by atoms with E-state index in [-0.39, 0.29) is 18.9 Å². The summed E-state index contributed by atoms with van der Waals surface area (Å²) in [6, 6.07) is 10.0. The minimum atomic E-state index is 0.0000515. The van der Waals surface area contributed by atoms with Crippen LogP contribution in [0.25, 0.3) is 0 Å². The summed E-state index contributed by atoms with van der Waals surface area (Å²) in [6.45, 7) is 1.67. The molecule has 0 aliphatic carbocycles. The van der Waals surface area contributed by atoms with Crippen molar-refractivity contribution in [1.29, 1.82) is 0 Å². The Morgan fingerprint density at radius 2 is 2.04 bits per heavy atom. The third kappa shape index (κ3) is 3.38. The van der Waals surface area contributed by atoms with Crippen molar-refractivity contribution in [3.05, 3.63) is 53.9 Å². The Bertz CT molecular complexity index is 751. The molecule has 2 aliphatic rings. The maximum atomic E-state index is 12.6. The van der Waals surface area contributed by atoms with Gasteiger partial charge in [0.15, 0.2) is 11.5 Å². The second kappa shape index (κ2) is 7.01. The Hall–Kier alpha value is -2.76. The van der Waals surface area contributed by atoms with E-state index in [0.29, 0.717) is 6.54 Å². The Kier molecular flexibility index (Phi) is 4.41. The number of ether oxygens (including phenoxy) is 2. The number of carbonyl (C=O) groups is 1. The molecule has 6 heteroatoms. The third-order valence-corrected chi connectivity index (χ3v) is 4.73. The molecule has 1 aromatic heterocycles. The maximum absolute atomic E-state index is 12.6. The highest BCUT2D eigenvalue weighted by Crippen LogP contribution is 2.33. The molecular weight excluding hydrogens is 318 g/mol. The second-order valence-corrected chi connectivity index (χ2v) is 6.30. The molecule has 0 spiro atoms. The topological polar surface area (TPSA) is 63.7 Å². The first-order valence-electron chi connectivity index (χ1n) is 8.64. The predicted molar refractivity (Wildman–Crippen MR) is 92.6 cm³/mol. The normalized spacial score (nSPS) is 18.4. The van der Waals surface area contributed by atoms with Gasteiger partial charge >= 0.3 is 6.03 Å². The van der Waals surface area contributed by atoms with Gasteiger partial charge in [-0.15, -0.1) is 0 Å². The van der Waals surface area contributed by atoms with Gasteiger partial charge in [0, 0.05) is 25.5 Å². The Balaban J connectivity index is 1.33. The molecule has 1 N–H and O–H groups in total. The van der Waals surface area contributed by atoms with E-state index in [4.69, 9.17) is 9.47 Å². The number of hydrogen-bond donors (Lipinski definition) is 1. The predicted octanol–water partition coefficient (Wildman–Crippen LogP) is 2.90. The number of aromatic nitrogens is 1. The number of hydrogen-bond acceptors (Lipinski definition) is 4. The number of fused-ring (bicyclic) bond motifs is 1. The van der Waals surface area contributed by atoms with Crippen LogP contribution in [0.4, 0.5) is 4.79 Å². The summed E-state index contributed by atoms with van der Waals surface area (Å²) in [7, 11) is 0. The van der Waals surface area contributed by atoms with Crippen molar-refractivity contribution in [2.45, 2.75) is 25.3 Å². The largest absolute Gasteiger partial charge is 0.454 e. The summed E-state index contributed by atoms with van der Waals surface area (Å²) in [6.07, 6.45) is 6.35. The van der Waals surface area contributed by atoms with Crippen molar-refractivity contribution in [2.75, 3.05) is 19.9 Å². The Morgan fingerprint density at radius 1 is 1.20 bits per heavy atom. The van der Waals surface area contributed by atoms with Gasteiger partial charge in [0.05, 0.1) is 6.04 Å². The van der Waals surface area contributed by atoms with Crippen LogP contribution in [0.15, 0.2) is 42.7 Å². The average molecular weight is 339 g/mol. The molecule has 1 saturated heterocycles. The SMILES string of the molecule is O=C(NCCc1ccc2c(c1)OCO2)N1CCC[C@H]1c1ccncc1. The van der Waals surface area contributed by atoms with Gasteiger partial charge in [-0.1, -0.05) is 6.07 Å². The van der Waals surface area contributed by atoms with E-state index in [1.165, 1.54) is 0 Å². The summed E-state index contributed by atoms with van der Waals surface area (Å²) in [4.78, 5) is 18.5. The zero-order valence-corrected chi connectivity index (χ0v) is 14.0. The Labute approximate surface area is 146 Å². The molecular formula is C19H21N3O3. The highest BCUT2D eigenvalue weighted by Gasteiger charge is 2.29. The zero-order chi connectivity index (χ0) is 17.1. The van der Waals surface area contributed by atoms with Gasteiger partial charge in [0.1, 0.15) is 0 Å². The summed E-state index contributed by atoms with van der Waals surface area (Å²) < 4.78 is 10.7. The first-order chi connectivity index (χ1) is 12.3. The summed E-state index contributed by atoms with van der Waals surface area (Å²) in [5.41, 5.74) is 2.27. The van der Waals surface area contributed by atoms with E-state index in [9.17, 15) is 4.79 Å². The lowest BCUT2D eigenvalue weighted by molar-refractivity contribution is 0.174. The molecule has 2 aromatic rings. The number of nitrogens with zero attached hydrogens (tertiary/aromatic N) is 2. The lowest BCUT2D eigenvalue weighted by Crippen LogP contribution is -2.40. The van der Waals surface area contributed by atoms with Crippen LogP contribution < -0.4 is 14.8 Å². The van der Waals surface area contributed by atoms with Crippen LogP contribution in [0.2, 0.25) is 0 Å². The number of pyridine rings is 1. The van der Waals surface area contributed by atoms with E-state index in [2.05, 4.69) is 10.3 Å². The summed E-state index contributed by atoms with van der Waals surface area (Å²) >= 11 is 0. The van der Waals surface area contributed by atoms with Crippen LogP contribution >= 0.6 is 0 Å². The van der Waals surface area contributed by atoms with Crippen LogP contribution in [-0.2, 0) is 6.42 Å². The van der Waals surface area contributed by atoms with Crippen molar-refractivity contribution in [3.8, 4) is 11.5 Å². The molecule has 1 aromatic carbocycles. The summed E-state index contributed by atoms with van der Waals surface area (Å²) in [5.74, 6) is 1.56. The van der Waals surface area contributed by atoms with E-state index in [1.54, 1.807) is 12.4 Å². The zero-order valence-electron chi connectivity index (χ0n) is 14.0. The summed E-state index contributed by atoms with van der Waals surface area (Å²) in [5, 5.41) is 3.04. The van der Waals surface area contributed by atoms with Crippen LogP contribution in [0.5, 0.6) is 11.5 Å². The molecule has 130 valence electrons. The van der Waals surface area contributed by atoms with Crippen molar-refractivity contribution in [3.63, 3.8) is 0 Å². The van der Waals surface area contributed by atoms with Gasteiger partial charge in [0.25, 0.3) is 0 Å². The average Bonchev–Trinajstić information content (AvgIpc) is 3.31. The number of amides is 2. The van der Waals surface area contributed by atoms with Crippen LogP contribution in [0.1, 0.15) is 30.0 Å². The molecule has 2 amide bonds. The standard InChI is InChI=1S/C19H21N3O3/c23-19(22-11-1-2-16(22)15-6-8-20-9-7-15)21-10-5-14-3-4-17-18(12-14)25-13-24-17/h3-4,6-9,12,16H,1-2,5,10-11,13H2,(H,21,23)/t16-/m0/s1. The number of urea groups is 1. The third-order valence-electron chi connectivity index (χ3n) is 4.73. The van der Waals surface area contributed by atoms with Gasteiger partial charge in [-0.2, -0.15) is 0 Å². The Morgan fingerprint density at radius 3 is 2.92 bits per heavy atom. The minimum Gasteiger partial charge on any atom is -0.454 e. The first kappa shape index (κ1) is 15.7. The van der Waals surface area contributed by atoms with Gasteiger partial charge in [-0.3, -0.25) is 4.98 Å². The molecule has 2 aliphatic heterocycles. The van der Waals surface area contributed by atoms with Gasteiger partial charge < -0.3 is 19.7 Å². The van der Waals surface area contributed by atoms with Crippen LogP contribution in [-0.4, -0.2) is 35.8 Å². The first-order valence-corrected chi connectivity index (χ1v) is 8.64. The fraction of sp³-hybridized carbons (Fsp3) is 0.368. The van der Waals surface area contributed by atoms with Crippen LogP contribution in [0, 0.1) is 0 Å². The highest BCUT2D eigenvalue weighted by atomic mass is 16.7. The number of rotatable bonds is 4. The molecule has 0 saturated carbocycles. The quantitative estimate of drug-likeness (QED) is 0.930. The smallest absolute Gasteiger partial charge is 0.317 e. The minimum absolute atomic E-state index is 0.0000515. The number of carbonyl (C=O) groups excluding carboxylic acids is 1. The molecule has 25 heavy (non-hydrogen) atoms. The van der Waals surface area contributed by atoms with Crippen molar-refractivity contribution < 1.29 is 14.3 Å². The lowest BCUT2D eigenvalue weighted by Gasteiger charge is -2.25. The highest BCUT2D eigenvalue weighted by molar-refractivity contribution is 5.75. The van der Waals surface area contributed by atoms with Gasteiger partial charge in [0.2, 0.25) is 6.79 Å². The van der Waals surface area contributed by atoms with Gasteiger partial charge in [-0.05, 0) is 54.7 Å². The molecule has 6 nitrogen and oxygen atoms in total. The van der Waals surface area contributed by atoms with E-state index >= 15 is 0 Å². The lowest BCUT2D eigenvalue weighted by atomic mass is 10.1. The molecule has 4 rings (SSSR count). The van der Waals surface area contributed by atoms with Crippen molar-refractivity contribution in [1.82, 2.24) is 15.2 Å². The van der Waals surface area contributed by atoms with E-state index in [0.717, 1.165) is 48.4 Å². The second-order valence-electron chi connectivity index (χ2n) is 6.30. The number of likely N-dealkylation sites (tertiary alicyclic amines) is 1. The fourth-order valence-corrected chi connectivity index (χ4v) is 3.45. The molecule has 0 radical (unpaired) electrons. The van der Waals surface area contributed by atoms with E-state index < -0.39 is 0 Å². The molecule has 1 atom stereocenters. The molecule has 1 fully saturated rings. The van der Waals surface area contributed by atoms with E-state index in [1.807, 2.05) is 35.2 Å². The number of benzene rings is 1. The number of nitrogens with one attached hydrogen (secondary N) is 1. The van der Waals surface area contributed by atoms with Gasteiger partial charge in [-0.25, -0.2) is 4.79 Å². The maximum Gasteiger partial charge on any atom is 0.317 e. The molecule has 0 unspecified atom stereocenters. The molecule has 3 heterocycles.